The van der Waals surface area contributed by atoms with Gasteiger partial charge in [-0.15, -0.1) is 0 Å². The quantitative estimate of drug-likeness (QED) is 0.440. The number of hydrogen-bond acceptors (Lipinski definition) is 2. The van der Waals surface area contributed by atoms with Crippen molar-refractivity contribution in [2.24, 2.45) is 5.92 Å². The van der Waals surface area contributed by atoms with E-state index in [0.29, 0.717) is 0 Å². The number of likely N-dealkylation sites (tertiary alicyclic amines) is 1. The van der Waals surface area contributed by atoms with Crippen molar-refractivity contribution in [3.63, 3.8) is 0 Å². The summed E-state index contributed by atoms with van der Waals surface area (Å²) in [7, 11) is 0. The monoisotopic (exact) mass is 220 g/mol. The summed E-state index contributed by atoms with van der Waals surface area (Å²) in [6.07, 6.45) is 7.85. The first kappa shape index (κ1) is 13.6. The van der Waals surface area contributed by atoms with Crippen molar-refractivity contribution < 1.29 is 51.4 Å². The Kier molecular flexibility index (Phi) is 7.56. The third-order valence-corrected chi connectivity index (χ3v) is 3.21. The molecule has 3 heteroatoms. The van der Waals surface area contributed by atoms with Crippen LogP contribution in [0.25, 0.3) is 0 Å². The van der Waals surface area contributed by atoms with Crippen LogP contribution >= 0.6 is 0 Å². The van der Waals surface area contributed by atoms with E-state index in [2.05, 4.69) is 16.6 Å². The van der Waals surface area contributed by atoms with Crippen LogP contribution in [0.5, 0.6) is 0 Å². The van der Waals surface area contributed by atoms with Crippen LogP contribution in [0.15, 0.2) is 0 Å². The van der Waals surface area contributed by atoms with Gasteiger partial charge in [-0.2, -0.15) is 12.8 Å². The van der Waals surface area contributed by atoms with E-state index in [0.717, 1.165) is 5.92 Å². The van der Waals surface area contributed by atoms with Crippen molar-refractivity contribution in [3.05, 3.63) is 6.42 Å². The summed E-state index contributed by atoms with van der Waals surface area (Å²) in [5.74, 6) is 0.923. The van der Waals surface area contributed by atoms with Gasteiger partial charge in [0.1, 0.15) is 0 Å². The molecule has 14 heavy (non-hydrogen) atoms. The Morgan fingerprint density at radius 1 is 1.29 bits per heavy atom. The summed E-state index contributed by atoms with van der Waals surface area (Å²) in [6.45, 7) is 6.43. The molecule has 0 aliphatic carbocycles. The first-order chi connectivity index (χ1) is 6.45. The Morgan fingerprint density at radius 3 is 2.71 bits per heavy atom. The predicted molar refractivity (Wildman–Crippen MR) is 55.6 cm³/mol. The molecule has 0 aromatic heterocycles. The van der Waals surface area contributed by atoms with Crippen LogP contribution in [0, 0.1) is 12.3 Å². The second-order valence-electron chi connectivity index (χ2n) is 4.38. The molecule has 0 spiro atoms. The maximum atomic E-state index is 3.49. The third kappa shape index (κ3) is 4.60. The number of nitrogens with one attached hydrogen (secondary N) is 1. The summed E-state index contributed by atoms with van der Waals surface area (Å²) in [6, 6.07) is 0. The largest absolute Gasteiger partial charge is 1.00 e. The predicted octanol–water partition coefficient (Wildman–Crippen LogP) is -1.71. The molecular weight excluding hydrogens is 199 g/mol. The van der Waals surface area contributed by atoms with Gasteiger partial charge < -0.3 is 16.6 Å². The van der Waals surface area contributed by atoms with Crippen molar-refractivity contribution >= 4 is 0 Å². The minimum absolute atomic E-state index is 0. The minimum atomic E-state index is 0. The van der Waals surface area contributed by atoms with Gasteiger partial charge in [-0.1, -0.05) is 0 Å². The SMILES string of the molecule is [CH-]1CCN(C[C@H]2CCCNC2)CC1.[K+]. The van der Waals surface area contributed by atoms with Gasteiger partial charge in [-0.3, -0.25) is 0 Å². The second kappa shape index (κ2) is 7.77. The molecule has 0 unspecified atom stereocenters. The fourth-order valence-electron chi connectivity index (χ4n) is 2.43. The average Bonchev–Trinajstić information content (AvgIpc) is 2.21. The van der Waals surface area contributed by atoms with E-state index in [4.69, 9.17) is 0 Å². The Balaban J connectivity index is 0.000000980. The van der Waals surface area contributed by atoms with E-state index in [1.165, 1.54) is 58.4 Å². The van der Waals surface area contributed by atoms with Crippen molar-refractivity contribution in [1.82, 2.24) is 10.2 Å². The molecule has 76 valence electrons. The molecule has 2 aliphatic heterocycles. The van der Waals surface area contributed by atoms with E-state index in [1.54, 1.807) is 0 Å². The summed E-state index contributed by atoms with van der Waals surface area (Å²) >= 11 is 0. The zero-order chi connectivity index (χ0) is 8.93. The maximum Gasteiger partial charge on any atom is 1.00 e. The van der Waals surface area contributed by atoms with Gasteiger partial charge >= 0.3 is 51.4 Å². The van der Waals surface area contributed by atoms with Gasteiger partial charge in [0.2, 0.25) is 0 Å². The van der Waals surface area contributed by atoms with Crippen LogP contribution in [0.4, 0.5) is 0 Å². The van der Waals surface area contributed by atoms with Gasteiger partial charge in [0.25, 0.3) is 0 Å². The summed E-state index contributed by atoms with van der Waals surface area (Å²) < 4.78 is 0. The van der Waals surface area contributed by atoms with Gasteiger partial charge in [0, 0.05) is 6.54 Å². The zero-order valence-electron chi connectivity index (χ0n) is 9.47. The van der Waals surface area contributed by atoms with Crippen molar-refractivity contribution in [1.29, 1.82) is 0 Å². The number of rotatable bonds is 2. The van der Waals surface area contributed by atoms with E-state index >= 15 is 0 Å². The third-order valence-electron chi connectivity index (χ3n) is 3.21. The molecular formula is C11H21KN2. The molecule has 2 saturated heterocycles. The fourth-order valence-corrected chi connectivity index (χ4v) is 2.43. The molecule has 0 saturated carbocycles. The van der Waals surface area contributed by atoms with Gasteiger partial charge in [-0.25, -0.2) is 0 Å². The second-order valence-corrected chi connectivity index (χ2v) is 4.38. The molecule has 1 N–H and O–H groups in total. The Bertz CT molecular complexity index is 124. The minimum Gasteiger partial charge on any atom is -0.326 e. The first-order valence-corrected chi connectivity index (χ1v) is 5.70. The Labute approximate surface area is 131 Å². The fraction of sp³-hybridized carbons (Fsp3) is 0.909. The van der Waals surface area contributed by atoms with Crippen LogP contribution in [0.3, 0.4) is 0 Å². The van der Waals surface area contributed by atoms with E-state index in [1.807, 2.05) is 0 Å². The molecule has 0 amide bonds. The molecule has 2 heterocycles. The number of hydrogen-bond donors (Lipinski definition) is 1. The molecule has 2 fully saturated rings. The Morgan fingerprint density at radius 2 is 2.07 bits per heavy atom. The van der Waals surface area contributed by atoms with Gasteiger partial charge in [0.05, 0.1) is 0 Å². The van der Waals surface area contributed by atoms with Gasteiger partial charge in [0.15, 0.2) is 0 Å². The zero-order valence-corrected chi connectivity index (χ0v) is 12.6. The van der Waals surface area contributed by atoms with Crippen LogP contribution in [0.1, 0.15) is 25.7 Å². The average molecular weight is 220 g/mol. The van der Waals surface area contributed by atoms with Crippen LogP contribution in [-0.4, -0.2) is 37.6 Å². The maximum absolute atomic E-state index is 3.49. The molecule has 0 bridgehead atoms. The number of nitrogens with zero attached hydrogens (tertiary/aromatic N) is 1. The molecule has 2 nitrogen and oxygen atoms in total. The van der Waals surface area contributed by atoms with E-state index in [-0.39, 0.29) is 51.4 Å². The smallest absolute Gasteiger partial charge is 0.326 e. The van der Waals surface area contributed by atoms with Crippen LogP contribution in [0.2, 0.25) is 0 Å². The normalized spacial score (nSPS) is 29.6. The Hall–Kier alpha value is 1.56. The van der Waals surface area contributed by atoms with Crippen LogP contribution in [-0.2, 0) is 0 Å². The van der Waals surface area contributed by atoms with E-state index < -0.39 is 0 Å². The number of piperidine rings is 2. The topological polar surface area (TPSA) is 15.3 Å². The van der Waals surface area contributed by atoms with Crippen molar-refractivity contribution in [2.75, 3.05) is 32.7 Å². The summed E-state index contributed by atoms with van der Waals surface area (Å²) in [5, 5.41) is 3.49. The molecule has 2 aliphatic rings. The molecule has 1 atom stereocenters. The van der Waals surface area contributed by atoms with Crippen molar-refractivity contribution in [3.8, 4) is 0 Å². The standard InChI is InChI=1S/C11H21N2.K/c1-2-7-13(8-3-1)10-11-5-4-6-12-9-11;/h1,11-12H,2-10H2;/q-1;+1/t11-;/m0./s1. The summed E-state index contributed by atoms with van der Waals surface area (Å²) in [5.41, 5.74) is 0. The summed E-state index contributed by atoms with van der Waals surface area (Å²) in [4.78, 5) is 2.64. The molecule has 0 radical (unpaired) electrons. The van der Waals surface area contributed by atoms with Gasteiger partial charge in [-0.05, 0) is 44.9 Å². The molecule has 2 rings (SSSR count). The van der Waals surface area contributed by atoms with Crippen LogP contribution < -0.4 is 56.7 Å². The first-order valence-electron chi connectivity index (χ1n) is 5.70. The molecule has 0 aromatic rings. The molecule has 0 aromatic carbocycles. The van der Waals surface area contributed by atoms with Crippen molar-refractivity contribution in [2.45, 2.75) is 25.7 Å². The van der Waals surface area contributed by atoms with E-state index in [9.17, 15) is 0 Å².